The highest BCUT2D eigenvalue weighted by Gasteiger charge is 2.12. The molecule has 0 saturated carbocycles. The van der Waals surface area contributed by atoms with Crippen LogP contribution in [0.2, 0.25) is 10.0 Å². The standard InChI is InChI=1S/C18H15Cl2FN2S/c19-13-6-4-12(5-7-13)8-9-22-11-17-23-10-16(24-17)18-14(20)2-1-3-15(18)21/h1-7,10,22H,8-9,11H2. The number of aromatic nitrogens is 1. The van der Waals surface area contributed by atoms with Gasteiger partial charge < -0.3 is 5.32 Å². The maximum atomic E-state index is 13.9. The van der Waals surface area contributed by atoms with Gasteiger partial charge in [-0.1, -0.05) is 41.4 Å². The summed E-state index contributed by atoms with van der Waals surface area (Å²) in [6, 6.07) is 12.5. The largest absolute Gasteiger partial charge is 0.310 e. The molecule has 0 bridgehead atoms. The van der Waals surface area contributed by atoms with Crippen LogP contribution in [0.25, 0.3) is 10.4 Å². The fourth-order valence-electron chi connectivity index (χ4n) is 2.32. The number of halogens is 3. The lowest BCUT2D eigenvalue weighted by Gasteiger charge is -2.03. The molecule has 24 heavy (non-hydrogen) atoms. The number of nitrogens with one attached hydrogen (secondary N) is 1. The smallest absolute Gasteiger partial charge is 0.133 e. The van der Waals surface area contributed by atoms with Gasteiger partial charge in [-0.05, 0) is 42.8 Å². The molecule has 1 heterocycles. The lowest BCUT2D eigenvalue weighted by Crippen LogP contribution is -2.16. The summed E-state index contributed by atoms with van der Waals surface area (Å²) in [5.41, 5.74) is 1.65. The van der Waals surface area contributed by atoms with Crippen molar-refractivity contribution in [2.24, 2.45) is 0 Å². The molecule has 0 fully saturated rings. The Balaban J connectivity index is 1.56. The van der Waals surface area contributed by atoms with E-state index in [1.54, 1.807) is 18.3 Å². The predicted molar refractivity (Wildman–Crippen MR) is 99.4 cm³/mol. The predicted octanol–water partition coefficient (Wildman–Crippen LogP) is 5.59. The molecule has 0 unspecified atom stereocenters. The summed E-state index contributed by atoms with van der Waals surface area (Å²) in [6.45, 7) is 1.47. The second-order valence-electron chi connectivity index (χ2n) is 5.27. The fraction of sp³-hybridized carbons (Fsp3) is 0.167. The van der Waals surface area contributed by atoms with Gasteiger partial charge in [-0.25, -0.2) is 9.37 Å². The van der Waals surface area contributed by atoms with Crippen molar-refractivity contribution < 1.29 is 4.39 Å². The first kappa shape index (κ1) is 17.4. The molecule has 0 spiro atoms. The highest BCUT2D eigenvalue weighted by Crippen LogP contribution is 2.34. The van der Waals surface area contributed by atoms with Gasteiger partial charge in [0.15, 0.2) is 0 Å². The van der Waals surface area contributed by atoms with Gasteiger partial charge in [0.25, 0.3) is 0 Å². The van der Waals surface area contributed by atoms with E-state index >= 15 is 0 Å². The number of hydrogen-bond acceptors (Lipinski definition) is 3. The van der Waals surface area contributed by atoms with E-state index in [1.165, 1.54) is 23.0 Å². The number of rotatable bonds is 6. The normalized spacial score (nSPS) is 11.0. The Labute approximate surface area is 154 Å². The Morgan fingerprint density at radius 3 is 2.62 bits per heavy atom. The van der Waals surface area contributed by atoms with Crippen LogP contribution in [-0.2, 0) is 13.0 Å². The Morgan fingerprint density at radius 1 is 1.08 bits per heavy atom. The van der Waals surface area contributed by atoms with Crippen LogP contribution in [0, 0.1) is 5.82 Å². The van der Waals surface area contributed by atoms with Crippen LogP contribution in [0.5, 0.6) is 0 Å². The van der Waals surface area contributed by atoms with Crippen molar-refractivity contribution in [3.05, 3.63) is 75.1 Å². The number of hydrogen-bond donors (Lipinski definition) is 1. The fourth-order valence-corrected chi connectivity index (χ4v) is 3.72. The summed E-state index contributed by atoms with van der Waals surface area (Å²) in [6.07, 6.45) is 2.58. The topological polar surface area (TPSA) is 24.9 Å². The Morgan fingerprint density at radius 2 is 1.88 bits per heavy atom. The van der Waals surface area contributed by atoms with Crippen LogP contribution in [0.4, 0.5) is 4.39 Å². The molecular weight excluding hydrogens is 366 g/mol. The van der Waals surface area contributed by atoms with Gasteiger partial charge in [-0.15, -0.1) is 11.3 Å². The average Bonchev–Trinajstić information content (AvgIpc) is 3.02. The van der Waals surface area contributed by atoms with Crippen molar-refractivity contribution >= 4 is 34.5 Å². The van der Waals surface area contributed by atoms with E-state index < -0.39 is 0 Å². The molecular formula is C18H15Cl2FN2S. The van der Waals surface area contributed by atoms with Gasteiger partial charge in [0.1, 0.15) is 10.8 Å². The SMILES string of the molecule is Fc1cccc(Cl)c1-c1cnc(CNCCc2ccc(Cl)cc2)s1. The van der Waals surface area contributed by atoms with Gasteiger partial charge in [0.05, 0.1) is 9.90 Å². The highest BCUT2D eigenvalue weighted by atomic mass is 35.5. The van der Waals surface area contributed by atoms with E-state index in [4.69, 9.17) is 23.2 Å². The molecule has 3 rings (SSSR count). The molecule has 0 aliphatic carbocycles. The zero-order valence-electron chi connectivity index (χ0n) is 12.7. The zero-order valence-corrected chi connectivity index (χ0v) is 15.1. The van der Waals surface area contributed by atoms with Gasteiger partial charge in [0, 0.05) is 23.3 Å². The summed E-state index contributed by atoms with van der Waals surface area (Å²) in [5, 5.41) is 5.40. The van der Waals surface area contributed by atoms with Crippen LogP contribution < -0.4 is 5.32 Å². The van der Waals surface area contributed by atoms with Gasteiger partial charge in [-0.2, -0.15) is 0 Å². The van der Waals surface area contributed by atoms with Crippen molar-refractivity contribution in [1.29, 1.82) is 0 Å². The summed E-state index contributed by atoms with van der Waals surface area (Å²) in [4.78, 5) is 5.09. The molecule has 0 saturated heterocycles. The summed E-state index contributed by atoms with van der Waals surface area (Å²) in [5.74, 6) is -0.326. The lowest BCUT2D eigenvalue weighted by molar-refractivity contribution is 0.632. The second kappa shape index (κ2) is 8.08. The second-order valence-corrected chi connectivity index (χ2v) is 7.23. The maximum absolute atomic E-state index is 13.9. The Hall–Kier alpha value is -1.46. The molecule has 0 aliphatic heterocycles. The average molecular weight is 381 g/mol. The number of thiazole rings is 1. The van der Waals surface area contributed by atoms with E-state index in [-0.39, 0.29) is 5.82 Å². The molecule has 0 radical (unpaired) electrons. The van der Waals surface area contributed by atoms with Gasteiger partial charge in [-0.3, -0.25) is 0 Å². The molecule has 2 aromatic carbocycles. The molecule has 3 aromatic rings. The van der Waals surface area contributed by atoms with Gasteiger partial charge >= 0.3 is 0 Å². The van der Waals surface area contributed by atoms with Crippen LogP contribution >= 0.6 is 34.5 Å². The molecule has 0 aliphatic rings. The van der Waals surface area contributed by atoms with E-state index in [1.807, 2.05) is 24.3 Å². The Kier molecular flexibility index (Phi) is 5.85. The summed E-state index contributed by atoms with van der Waals surface area (Å²) in [7, 11) is 0. The quantitative estimate of drug-likeness (QED) is 0.563. The first-order chi connectivity index (χ1) is 11.6. The number of benzene rings is 2. The van der Waals surface area contributed by atoms with Crippen molar-refractivity contribution in [1.82, 2.24) is 10.3 Å². The van der Waals surface area contributed by atoms with E-state index in [2.05, 4.69) is 10.3 Å². The minimum Gasteiger partial charge on any atom is -0.310 e. The minimum atomic E-state index is -0.326. The molecule has 6 heteroatoms. The maximum Gasteiger partial charge on any atom is 0.133 e. The zero-order chi connectivity index (χ0) is 16.9. The molecule has 1 N–H and O–H groups in total. The van der Waals surface area contributed by atoms with Crippen LogP contribution in [0.15, 0.2) is 48.7 Å². The van der Waals surface area contributed by atoms with Crippen molar-refractivity contribution in [3.63, 3.8) is 0 Å². The monoisotopic (exact) mass is 380 g/mol. The third-order valence-corrected chi connectivity index (χ3v) is 5.12. The van der Waals surface area contributed by atoms with E-state index in [9.17, 15) is 4.39 Å². The first-order valence-electron chi connectivity index (χ1n) is 7.48. The van der Waals surface area contributed by atoms with E-state index in [0.717, 1.165) is 27.9 Å². The molecule has 124 valence electrons. The lowest BCUT2D eigenvalue weighted by atomic mass is 10.1. The molecule has 0 amide bonds. The van der Waals surface area contributed by atoms with Crippen LogP contribution in [-0.4, -0.2) is 11.5 Å². The van der Waals surface area contributed by atoms with E-state index in [0.29, 0.717) is 17.1 Å². The van der Waals surface area contributed by atoms with Crippen molar-refractivity contribution in [3.8, 4) is 10.4 Å². The first-order valence-corrected chi connectivity index (χ1v) is 9.05. The van der Waals surface area contributed by atoms with Crippen LogP contribution in [0.3, 0.4) is 0 Å². The summed E-state index contributed by atoms with van der Waals surface area (Å²) >= 11 is 13.4. The third-order valence-electron chi connectivity index (χ3n) is 3.54. The highest BCUT2D eigenvalue weighted by molar-refractivity contribution is 7.15. The van der Waals surface area contributed by atoms with Gasteiger partial charge in [0.2, 0.25) is 0 Å². The minimum absolute atomic E-state index is 0.326. The van der Waals surface area contributed by atoms with Crippen molar-refractivity contribution in [2.75, 3.05) is 6.54 Å². The molecule has 2 nitrogen and oxygen atoms in total. The third kappa shape index (κ3) is 4.33. The molecule has 0 atom stereocenters. The summed E-state index contributed by atoms with van der Waals surface area (Å²) < 4.78 is 13.9. The molecule has 1 aromatic heterocycles. The van der Waals surface area contributed by atoms with Crippen LogP contribution in [0.1, 0.15) is 10.6 Å². The van der Waals surface area contributed by atoms with Crippen molar-refractivity contribution in [2.45, 2.75) is 13.0 Å². The Bertz CT molecular complexity index is 798. The number of nitrogens with zero attached hydrogens (tertiary/aromatic N) is 1.